The van der Waals surface area contributed by atoms with Gasteiger partial charge in [0.05, 0.1) is 19.9 Å². The molecule has 0 aromatic heterocycles. The molecule has 1 unspecified atom stereocenters. The number of anilines is 1. The predicted octanol–water partition coefficient (Wildman–Crippen LogP) is 4.52. The number of hydrogen-bond acceptors (Lipinski definition) is 5. The quantitative estimate of drug-likeness (QED) is 0.354. The van der Waals surface area contributed by atoms with Crippen molar-refractivity contribution in [1.29, 1.82) is 0 Å². The van der Waals surface area contributed by atoms with Gasteiger partial charge in [-0.05, 0) is 54.3 Å². The summed E-state index contributed by atoms with van der Waals surface area (Å²) in [5.74, 6) is 0. The first-order chi connectivity index (χ1) is 15.5. The topological polar surface area (TPSA) is 51.4 Å². The average Bonchev–Trinajstić information content (AvgIpc) is 3.29. The third kappa shape index (κ3) is 5.29. The highest BCUT2D eigenvalue weighted by Gasteiger charge is 2.16. The second-order valence-corrected chi connectivity index (χ2v) is 8.56. The molecule has 2 aliphatic rings. The van der Waals surface area contributed by atoms with E-state index in [1.54, 1.807) is 0 Å². The highest BCUT2D eigenvalue weighted by molar-refractivity contribution is 6.29. The molecule has 1 atom stereocenters. The number of hydrogen-bond donors (Lipinski definition) is 4. The Morgan fingerprint density at radius 2 is 2.00 bits per heavy atom. The van der Waals surface area contributed by atoms with Gasteiger partial charge in [-0.2, -0.15) is 0 Å². The van der Waals surface area contributed by atoms with Crippen molar-refractivity contribution in [3.63, 3.8) is 0 Å². The molecule has 0 fully saturated rings. The first-order valence-corrected chi connectivity index (χ1v) is 11.2. The second-order valence-electron chi connectivity index (χ2n) is 8.15. The lowest BCUT2D eigenvalue weighted by Crippen LogP contribution is -2.38. The molecule has 0 amide bonds. The number of dihydropyridines is 1. The van der Waals surface area contributed by atoms with Crippen LogP contribution in [-0.4, -0.2) is 25.9 Å². The smallest absolute Gasteiger partial charge is 0.103 e. The van der Waals surface area contributed by atoms with E-state index in [0.717, 1.165) is 30.2 Å². The zero-order valence-electron chi connectivity index (χ0n) is 18.6. The summed E-state index contributed by atoms with van der Waals surface area (Å²) in [6, 6.07) is 17.3. The van der Waals surface area contributed by atoms with E-state index in [4.69, 9.17) is 11.6 Å². The first kappa shape index (κ1) is 21.9. The Morgan fingerprint density at radius 3 is 2.69 bits per heavy atom. The van der Waals surface area contributed by atoms with Gasteiger partial charge in [-0.1, -0.05) is 60.7 Å². The van der Waals surface area contributed by atoms with Gasteiger partial charge < -0.3 is 26.2 Å². The molecule has 5 nitrogen and oxygen atoms in total. The molecule has 2 heterocycles. The minimum absolute atomic E-state index is 0.170. The Morgan fingerprint density at radius 1 is 1.19 bits per heavy atom. The van der Waals surface area contributed by atoms with Gasteiger partial charge >= 0.3 is 0 Å². The molecular formula is C26H30ClN5. The molecule has 0 saturated carbocycles. The molecule has 0 radical (unpaired) electrons. The summed E-state index contributed by atoms with van der Waals surface area (Å²) >= 11 is 6.22. The Hall–Kier alpha value is -3.31. The third-order valence-electron chi connectivity index (χ3n) is 5.61. The van der Waals surface area contributed by atoms with E-state index in [1.165, 1.54) is 22.4 Å². The van der Waals surface area contributed by atoms with Crippen LogP contribution in [0.5, 0.6) is 0 Å². The third-order valence-corrected chi connectivity index (χ3v) is 5.83. The monoisotopic (exact) mass is 447 g/mol. The maximum absolute atomic E-state index is 6.22. The van der Waals surface area contributed by atoms with E-state index in [2.05, 4.69) is 95.1 Å². The van der Waals surface area contributed by atoms with Gasteiger partial charge in [-0.15, -0.1) is 0 Å². The van der Waals surface area contributed by atoms with E-state index in [-0.39, 0.29) is 6.04 Å². The van der Waals surface area contributed by atoms with E-state index in [0.29, 0.717) is 11.8 Å². The van der Waals surface area contributed by atoms with Crippen LogP contribution in [0.4, 0.5) is 5.69 Å². The van der Waals surface area contributed by atoms with Crippen molar-refractivity contribution in [2.45, 2.75) is 19.9 Å². The molecule has 2 aromatic rings. The summed E-state index contributed by atoms with van der Waals surface area (Å²) in [7, 11) is 0. The summed E-state index contributed by atoms with van der Waals surface area (Å²) in [5.41, 5.74) is 7.87. The van der Waals surface area contributed by atoms with Gasteiger partial charge in [0.1, 0.15) is 5.16 Å². The number of nitrogens with one attached hydrogen (secondary N) is 4. The molecule has 4 N–H and O–H groups in total. The summed E-state index contributed by atoms with van der Waals surface area (Å²) in [5, 5.41) is 13.9. The van der Waals surface area contributed by atoms with Gasteiger partial charge in [0.25, 0.3) is 0 Å². The zero-order chi connectivity index (χ0) is 22.5. The molecule has 0 aliphatic carbocycles. The van der Waals surface area contributed by atoms with E-state index < -0.39 is 0 Å². The highest BCUT2D eigenvalue weighted by atomic mass is 35.5. The van der Waals surface area contributed by atoms with Crippen LogP contribution in [0.1, 0.15) is 12.5 Å². The molecule has 2 aromatic carbocycles. The fourth-order valence-corrected chi connectivity index (χ4v) is 4.27. The van der Waals surface area contributed by atoms with Crippen molar-refractivity contribution in [2.75, 3.05) is 24.8 Å². The second kappa shape index (κ2) is 9.88. The van der Waals surface area contributed by atoms with Crippen LogP contribution in [0.2, 0.25) is 0 Å². The Balaban J connectivity index is 1.54. The Kier molecular flexibility index (Phi) is 6.76. The summed E-state index contributed by atoms with van der Waals surface area (Å²) in [6.45, 7) is 10.6. The first-order valence-electron chi connectivity index (χ1n) is 10.9. The van der Waals surface area contributed by atoms with E-state index >= 15 is 0 Å². The SMILES string of the molecule is C=C(NCN(CC1=CNCN1)c1ccc(-c2ccccc2)cc1C)C1=CC(C)NC(Cl)=C1. The van der Waals surface area contributed by atoms with Crippen molar-refractivity contribution >= 4 is 17.3 Å². The minimum Gasteiger partial charge on any atom is -0.372 e. The summed E-state index contributed by atoms with van der Waals surface area (Å²) in [4.78, 5) is 2.32. The van der Waals surface area contributed by atoms with Gasteiger partial charge in [-0.25, -0.2) is 0 Å². The Labute approximate surface area is 195 Å². The molecule has 32 heavy (non-hydrogen) atoms. The number of halogens is 1. The average molecular weight is 448 g/mol. The van der Waals surface area contributed by atoms with Crippen molar-refractivity contribution in [1.82, 2.24) is 21.3 Å². The summed E-state index contributed by atoms with van der Waals surface area (Å²) < 4.78 is 0. The summed E-state index contributed by atoms with van der Waals surface area (Å²) in [6.07, 6.45) is 6.07. The molecule has 4 rings (SSSR count). The van der Waals surface area contributed by atoms with Crippen LogP contribution >= 0.6 is 11.6 Å². The number of nitrogens with zero attached hydrogens (tertiary/aromatic N) is 1. The van der Waals surface area contributed by atoms with Crippen LogP contribution in [-0.2, 0) is 0 Å². The van der Waals surface area contributed by atoms with Gasteiger partial charge in [0.2, 0.25) is 0 Å². The number of benzene rings is 2. The fraction of sp³-hybridized carbons (Fsp3) is 0.231. The molecule has 166 valence electrons. The van der Waals surface area contributed by atoms with Crippen LogP contribution in [0.3, 0.4) is 0 Å². The van der Waals surface area contributed by atoms with Crippen LogP contribution in [0, 0.1) is 6.92 Å². The van der Waals surface area contributed by atoms with Crippen molar-refractivity contribution < 1.29 is 0 Å². The maximum Gasteiger partial charge on any atom is 0.103 e. The zero-order valence-corrected chi connectivity index (χ0v) is 19.3. The number of rotatable bonds is 8. The van der Waals surface area contributed by atoms with Crippen molar-refractivity contribution in [2.24, 2.45) is 0 Å². The van der Waals surface area contributed by atoms with Crippen LogP contribution in [0.25, 0.3) is 11.1 Å². The largest absolute Gasteiger partial charge is 0.372 e. The normalized spacial score (nSPS) is 17.2. The van der Waals surface area contributed by atoms with Crippen molar-refractivity contribution in [3.05, 3.63) is 101 Å². The maximum atomic E-state index is 6.22. The van der Waals surface area contributed by atoms with Crippen molar-refractivity contribution in [3.8, 4) is 11.1 Å². The number of allylic oxidation sites excluding steroid dienone is 1. The fourth-order valence-electron chi connectivity index (χ4n) is 3.98. The lowest BCUT2D eigenvalue weighted by Gasteiger charge is -2.29. The van der Waals surface area contributed by atoms with Gasteiger partial charge in [0.15, 0.2) is 0 Å². The van der Waals surface area contributed by atoms with E-state index in [9.17, 15) is 0 Å². The standard InChI is InChI=1S/C26H30ClN5/c1-18-11-22(21-7-5-4-6-8-21)9-10-25(18)32(15-24-14-28-16-29-24)17-30-20(3)23-12-19(2)31-26(27)13-23/h4-14,19,28-31H,3,15-17H2,1-2H3. The molecular weight excluding hydrogens is 418 g/mol. The Bertz CT molecular complexity index is 1070. The number of aryl methyl sites for hydroxylation is 1. The lowest BCUT2D eigenvalue weighted by atomic mass is 10.0. The molecule has 0 spiro atoms. The molecule has 6 heteroatoms. The molecule has 0 bridgehead atoms. The molecule has 0 saturated heterocycles. The van der Waals surface area contributed by atoms with Crippen LogP contribution < -0.4 is 26.2 Å². The highest BCUT2D eigenvalue weighted by Crippen LogP contribution is 2.28. The predicted molar refractivity (Wildman–Crippen MR) is 135 cm³/mol. The minimum atomic E-state index is 0.170. The van der Waals surface area contributed by atoms with Crippen LogP contribution in [0.15, 0.2) is 95.6 Å². The van der Waals surface area contributed by atoms with E-state index in [1.807, 2.05) is 18.3 Å². The lowest BCUT2D eigenvalue weighted by molar-refractivity contribution is 0.709. The van der Waals surface area contributed by atoms with Gasteiger partial charge in [0, 0.05) is 29.3 Å². The van der Waals surface area contributed by atoms with Gasteiger partial charge in [-0.3, -0.25) is 0 Å². The molecule has 2 aliphatic heterocycles.